The highest BCUT2D eigenvalue weighted by molar-refractivity contribution is 9.08. The van der Waals surface area contributed by atoms with E-state index in [1.807, 2.05) is 6.07 Å². The molecule has 0 aliphatic heterocycles. The lowest BCUT2D eigenvalue weighted by molar-refractivity contribution is 0.330. The van der Waals surface area contributed by atoms with Crippen LogP contribution in [0.1, 0.15) is 33.3 Å². The van der Waals surface area contributed by atoms with Crippen molar-refractivity contribution in [2.24, 2.45) is 5.41 Å². The van der Waals surface area contributed by atoms with Crippen molar-refractivity contribution >= 4 is 33.2 Å². The number of halogens is 2. The molecule has 0 saturated carbocycles. The fourth-order valence-electron chi connectivity index (χ4n) is 1.71. The van der Waals surface area contributed by atoms with Gasteiger partial charge in [0.2, 0.25) is 0 Å². The molecule has 17 heavy (non-hydrogen) atoms. The monoisotopic (exact) mass is 317 g/mol. The van der Waals surface area contributed by atoms with Crippen molar-refractivity contribution in [3.05, 3.63) is 28.8 Å². The van der Waals surface area contributed by atoms with Gasteiger partial charge in [-0.1, -0.05) is 54.4 Å². The molecule has 0 fully saturated rings. The average Bonchev–Trinajstić information content (AvgIpc) is 2.25. The van der Waals surface area contributed by atoms with Crippen LogP contribution in [-0.2, 0) is 5.33 Å². The van der Waals surface area contributed by atoms with E-state index in [-0.39, 0.29) is 5.41 Å². The standard InChI is InChI=1S/C14H21BrClN/c1-10(14(2,3)4)17(5)13-7-6-11(9-15)8-12(13)16/h6-8,10H,9H2,1-5H3. The van der Waals surface area contributed by atoms with E-state index >= 15 is 0 Å². The van der Waals surface area contributed by atoms with Gasteiger partial charge in [-0.25, -0.2) is 0 Å². The number of anilines is 1. The van der Waals surface area contributed by atoms with Gasteiger partial charge in [0.15, 0.2) is 0 Å². The zero-order valence-corrected chi connectivity index (χ0v) is 13.6. The number of alkyl halides is 1. The first-order chi connectivity index (χ1) is 7.77. The predicted molar refractivity (Wildman–Crippen MR) is 81.4 cm³/mol. The van der Waals surface area contributed by atoms with Crippen LogP contribution < -0.4 is 4.90 Å². The quantitative estimate of drug-likeness (QED) is 0.700. The molecule has 1 unspecified atom stereocenters. The van der Waals surface area contributed by atoms with E-state index in [9.17, 15) is 0 Å². The van der Waals surface area contributed by atoms with Crippen LogP contribution in [0.25, 0.3) is 0 Å². The van der Waals surface area contributed by atoms with Crippen LogP contribution in [0.5, 0.6) is 0 Å². The second-order valence-corrected chi connectivity index (χ2v) is 6.54. The first kappa shape index (κ1) is 14.8. The summed E-state index contributed by atoms with van der Waals surface area (Å²) in [5.74, 6) is 0. The fourth-order valence-corrected chi connectivity index (χ4v) is 2.39. The molecule has 0 spiro atoms. The molecule has 1 aromatic carbocycles. The Morgan fingerprint density at radius 1 is 1.35 bits per heavy atom. The minimum absolute atomic E-state index is 0.228. The molecule has 0 amide bonds. The molecule has 1 nitrogen and oxygen atoms in total. The summed E-state index contributed by atoms with van der Waals surface area (Å²) in [6.07, 6.45) is 0. The van der Waals surface area contributed by atoms with E-state index in [0.717, 1.165) is 16.0 Å². The third kappa shape index (κ3) is 3.62. The minimum atomic E-state index is 0.228. The second kappa shape index (κ2) is 5.62. The van der Waals surface area contributed by atoms with Crippen LogP contribution >= 0.6 is 27.5 Å². The topological polar surface area (TPSA) is 3.24 Å². The maximum Gasteiger partial charge on any atom is 0.0642 e. The van der Waals surface area contributed by atoms with Gasteiger partial charge in [-0.3, -0.25) is 0 Å². The Morgan fingerprint density at radius 3 is 2.35 bits per heavy atom. The third-order valence-corrected chi connectivity index (χ3v) is 4.33. The Bertz CT molecular complexity index is 384. The van der Waals surface area contributed by atoms with Gasteiger partial charge in [-0.05, 0) is 30.0 Å². The highest BCUT2D eigenvalue weighted by Gasteiger charge is 2.25. The molecule has 0 N–H and O–H groups in total. The molecule has 0 radical (unpaired) electrons. The van der Waals surface area contributed by atoms with E-state index < -0.39 is 0 Å². The molecule has 1 rings (SSSR count). The molecule has 0 bridgehead atoms. The largest absolute Gasteiger partial charge is 0.370 e. The lowest BCUT2D eigenvalue weighted by Gasteiger charge is -2.37. The average molecular weight is 319 g/mol. The Kier molecular flexibility index (Phi) is 4.91. The zero-order chi connectivity index (χ0) is 13.2. The SMILES string of the molecule is CC(N(C)c1ccc(CBr)cc1Cl)C(C)(C)C. The van der Waals surface area contributed by atoms with Gasteiger partial charge in [0.1, 0.15) is 0 Å². The van der Waals surface area contributed by atoms with Crippen LogP contribution in [0.4, 0.5) is 5.69 Å². The maximum atomic E-state index is 6.33. The number of benzene rings is 1. The molecule has 0 heterocycles. The molecular formula is C14H21BrClN. The Labute approximate surface area is 118 Å². The molecule has 0 aliphatic rings. The van der Waals surface area contributed by atoms with E-state index in [0.29, 0.717) is 6.04 Å². The van der Waals surface area contributed by atoms with Crippen molar-refractivity contribution in [1.82, 2.24) is 0 Å². The first-order valence-corrected chi connectivity index (χ1v) is 7.34. The minimum Gasteiger partial charge on any atom is -0.370 e. The normalized spacial score (nSPS) is 13.6. The van der Waals surface area contributed by atoms with Crippen molar-refractivity contribution in [3.63, 3.8) is 0 Å². The van der Waals surface area contributed by atoms with Gasteiger partial charge < -0.3 is 4.90 Å². The third-order valence-electron chi connectivity index (χ3n) is 3.38. The summed E-state index contributed by atoms with van der Waals surface area (Å²) in [5.41, 5.74) is 2.53. The summed E-state index contributed by atoms with van der Waals surface area (Å²) < 4.78 is 0. The van der Waals surface area contributed by atoms with Crippen LogP contribution in [0.2, 0.25) is 5.02 Å². The molecule has 0 saturated heterocycles. The van der Waals surface area contributed by atoms with E-state index in [4.69, 9.17) is 11.6 Å². The van der Waals surface area contributed by atoms with Crippen molar-refractivity contribution in [2.75, 3.05) is 11.9 Å². The van der Waals surface area contributed by atoms with Crippen molar-refractivity contribution in [2.45, 2.75) is 39.1 Å². The predicted octanol–water partition coefficient (Wildman–Crippen LogP) is 5.11. The molecule has 3 heteroatoms. The lowest BCUT2D eigenvalue weighted by atomic mass is 9.87. The lowest BCUT2D eigenvalue weighted by Crippen LogP contribution is -2.39. The molecule has 1 atom stereocenters. The highest BCUT2D eigenvalue weighted by atomic mass is 79.9. The molecule has 0 aromatic heterocycles. The summed E-state index contributed by atoms with van der Waals surface area (Å²) in [4.78, 5) is 2.25. The Morgan fingerprint density at radius 2 is 1.94 bits per heavy atom. The number of hydrogen-bond donors (Lipinski definition) is 0. The van der Waals surface area contributed by atoms with Gasteiger partial charge in [0, 0.05) is 18.4 Å². The Hall–Kier alpha value is -0.210. The van der Waals surface area contributed by atoms with Gasteiger partial charge in [-0.15, -0.1) is 0 Å². The van der Waals surface area contributed by atoms with Gasteiger partial charge in [-0.2, -0.15) is 0 Å². The smallest absolute Gasteiger partial charge is 0.0642 e. The van der Waals surface area contributed by atoms with Gasteiger partial charge >= 0.3 is 0 Å². The van der Waals surface area contributed by atoms with Crippen molar-refractivity contribution in [1.29, 1.82) is 0 Å². The first-order valence-electron chi connectivity index (χ1n) is 5.84. The highest BCUT2D eigenvalue weighted by Crippen LogP contribution is 2.32. The van der Waals surface area contributed by atoms with Crippen molar-refractivity contribution in [3.8, 4) is 0 Å². The molecular weight excluding hydrogens is 298 g/mol. The molecule has 1 aromatic rings. The van der Waals surface area contributed by atoms with Crippen LogP contribution in [0.3, 0.4) is 0 Å². The summed E-state index contributed by atoms with van der Waals surface area (Å²) >= 11 is 9.78. The van der Waals surface area contributed by atoms with E-state index in [1.165, 1.54) is 5.56 Å². The summed E-state index contributed by atoms with van der Waals surface area (Å²) in [6, 6.07) is 6.66. The number of nitrogens with zero attached hydrogens (tertiary/aromatic N) is 1. The summed E-state index contributed by atoms with van der Waals surface area (Å²) in [7, 11) is 2.10. The number of rotatable bonds is 3. The molecule has 0 aliphatic carbocycles. The summed E-state index contributed by atoms with van der Waals surface area (Å²) in [6.45, 7) is 8.97. The molecule has 96 valence electrons. The van der Waals surface area contributed by atoms with Crippen LogP contribution in [-0.4, -0.2) is 13.1 Å². The van der Waals surface area contributed by atoms with E-state index in [2.05, 4.69) is 67.7 Å². The van der Waals surface area contributed by atoms with Crippen molar-refractivity contribution < 1.29 is 0 Å². The van der Waals surface area contributed by atoms with Gasteiger partial charge in [0.25, 0.3) is 0 Å². The van der Waals surface area contributed by atoms with Crippen LogP contribution in [0, 0.1) is 5.41 Å². The van der Waals surface area contributed by atoms with Crippen LogP contribution in [0.15, 0.2) is 18.2 Å². The van der Waals surface area contributed by atoms with E-state index in [1.54, 1.807) is 0 Å². The van der Waals surface area contributed by atoms with Gasteiger partial charge in [0.05, 0.1) is 10.7 Å². The zero-order valence-electron chi connectivity index (χ0n) is 11.2. The number of hydrogen-bond acceptors (Lipinski definition) is 1. The summed E-state index contributed by atoms with van der Waals surface area (Å²) in [5, 5.41) is 1.66. The fraction of sp³-hybridized carbons (Fsp3) is 0.571. The Balaban J connectivity index is 3.01. The second-order valence-electron chi connectivity index (χ2n) is 5.57. The maximum absolute atomic E-state index is 6.33.